The quantitative estimate of drug-likeness (QED) is 0.895. The Morgan fingerprint density at radius 2 is 1.88 bits per heavy atom. The first-order valence-corrected chi connectivity index (χ1v) is 9.13. The number of anilines is 3. The van der Waals surface area contributed by atoms with Crippen LogP contribution in [0.5, 0.6) is 0 Å². The Balaban J connectivity index is 1.66. The zero-order chi connectivity index (χ0) is 17.8. The van der Waals surface area contributed by atoms with E-state index in [0.29, 0.717) is 12.3 Å². The van der Waals surface area contributed by atoms with Crippen molar-refractivity contribution in [2.75, 3.05) is 41.5 Å². The SMILES string of the molecule is CN(C)c1ccccc1NC(=O)CCN1C(=O)CSc2ccccc21. The first-order chi connectivity index (χ1) is 12.1. The van der Waals surface area contributed by atoms with Crippen LogP contribution < -0.4 is 15.1 Å². The van der Waals surface area contributed by atoms with Crippen LogP contribution in [0.4, 0.5) is 17.1 Å². The molecule has 1 heterocycles. The lowest BCUT2D eigenvalue weighted by molar-refractivity contribution is -0.117. The Morgan fingerprint density at radius 1 is 1.16 bits per heavy atom. The molecule has 130 valence electrons. The van der Waals surface area contributed by atoms with Gasteiger partial charge < -0.3 is 15.1 Å². The van der Waals surface area contributed by atoms with Gasteiger partial charge in [0.05, 0.1) is 22.8 Å². The van der Waals surface area contributed by atoms with Crippen molar-refractivity contribution in [2.24, 2.45) is 0 Å². The lowest BCUT2D eigenvalue weighted by Gasteiger charge is -2.28. The Labute approximate surface area is 152 Å². The number of rotatable bonds is 5. The smallest absolute Gasteiger partial charge is 0.237 e. The lowest BCUT2D eigenvalue weighted by Crippen LogP contribution is -2.37. The third-order valence-electron chi connectivity index (χ3n) is 4.03. The number of carbonyl (C=O) groups is 2. The molecular weight excluding hydrogens is 334 g/mol. The van der Waals surface area contributed by atoms with Gasteiger partial charge in [-0.1, -0.05) is 24.3 Å². The maximum Gasteiger partial charge on any atom is 0.237 e. The number of para-hydroxylation sites is 3. The first kappa shape index (κ1) is 17.4. The molecule has 25 heavy (non-hydrogen) atoms. The van der Waals surface area contributed by atoms with Gasteiger partial charge >= 0.3 is 0 Å². The van der Waals surface area contributed by atoms with Crippen molar-refractivity contribution in [2.45, 2.75) is 11.3 Å². The largest absolute Gasteiger partial charge is 0.376 e. The summed E-state index contributed by atoms with van der Waals surface area (Å²) in [5.74, 6) is 0.366. The fourth-order valence-electron chi connectivity index (χ4n) is 2.79. The molecule has 1 N–H and O–H groups in total. The van der Waals surface area contributed by atoms with Crippen LogP contribution in [0, 0.1) is 0 Å². The van der Waals surface area contributed by atoms with Gasteiger partial charge in [0.15, 0.2) is 0 Å². The summed E-state index contributed by atoms with van der Waals surface area (Å²) in [5.41, 5.74) is 2.62. The van der Waals surface area contributed by atoms with Crippen LogP contribution in [-0.4, -0.2) is 38.2 Å². The van der Waals surface area contributed by atoms with Gasteiger partial charge in [-0.3, -0.25) is 9.59 Å². The second kappa shape index (κ2) is 7.61. The van der Waals surface area contributed by atoms with E-state index in [1.807, 2.05) is 67.5 Å². The number of benzene rings is 2. The van der Waals surface area contributed by atoms with Gasteiger partial charge in [0.1, 0.15) is 0 Å². The van der Waals surface area contributed by atoms with Crippen molar-refractivity contribution in [3.8, 4) is 0 Å². The highest BCUT2D eigenvalue weighted by atomic mass is 32.2. The summed E-state index contributed by atoms with van der Waals surface area (Å²) >= 11 is 1.55. The zero-order valence-electron chi connectivity index (χ0n) is 14.4. The van der Waals surface area contributed by atoms with Gasteiger partial charge in [-0.15, -0.1) is 11.8 Å². The zero-order valence-corrected chi connectivity index (χ0v) is 15.2. The van der Waals surface area contributed by atoms with Crippen LogP contribution in [0.2, 0.25) is 0 Å². The van der Waals surface area contributed by atoms with E-state index in [-0.39, 0.29) is 18.2 Å². The number of fused-ring (bicyclic) bond motifs is 1. The average Bonchev–Trinajstić information content (AvgIpc) is 2.61. The van der Waals surface area contributed by atoms with E-state index in [1.165, 1.54) is 0 Å². The Bertz CT molecular complexity index is 792. The van der Waals surface area contributed by atoms with Crippen LogP contribution in [-0.2, 0) is 9.59 Å². The fourth-order valence-corrected chi connectivity index (χ4v) is 3.73. The molecule has 0 spiro atoms. The van der Waals surface area contributed by atoms with E-state index in [4.69, 9.17) is 0 Å². The summed E-state index contributed by atoms with van der Waals surface area (Å²) < 4.78 is 0. The number of carbonyl (C=O) groups excluding carboxylic acids is 2. The van der Waals surface area contributed by atoms with Gasteiger partial charge in [-0.05, 0) is 24.3 Å². The maximum atomic E-state index is 12.4. The van der Waals surface area contributed by atoms with E-state index in [0.717, 1.165) is 22.0 Å². The number of amides is 2. The monoisotopic (exact) mass is 355 g/mol. The highest BCUT2D eigenvalue weighted by molar-refractivity contribution is 8.00. The summed E-state index contributed by atoms with van der Waals surface area (Å²) in [6.45, 7) is 0.381. The molecule has 6 heteroatoms. The fraction of sp³-hybridized carbons (Fsp3) is 0.263. The van der Waals surface area contributed by atoms with Crippen molar-refractivity contribution in [1.82, 2.24) is 0 Å². The number of hydrogen-bond donors (Lipinski definition) is 1. The van der Waals surface area contributed by atoms with Gasteiger partial charge in [-0.2, -0.15) is 0 Å². The van der Waals surface area contributed by atoms with Crippen molar-refractivity contribution >= 4 is 40.6 Å². The molecule has 0 atom stereocenters. The van der Waals surface area contributed by atoms with E-state index in [1.54, 1.807) is 16.7 Å². The topological polar surface area (TPSA) is 52.7 Å². The molecule has 2 amide bonds. The molecule has 0 aromatic heterocycles. The van der Waals surface area contributed by atoms with Gasteiger partial charge in [0.2, 0.25) is 11.8 Å². The molecule has 0 unspecified atom stereocenters. The normalized spacial score (nSPS) is 13.4. The van der Waals surface area contributed by atoms with E-state index < -0.39 is 0 Å². The van der Waals surface area contributed by atoms with Crippen LogP contribution >= 0.6 is 11.8 Å². The molecule has 1 aliphatic rings. The Hall–Kier alpha value is -2.47. The third-order valence-corrected chi connectivity index (χ3v) is 5.08. The number of thioether (sulfide) groups is 1. The maximum absolute atomic E-state index is 12.4. The molecule has 0 radical (unpaired) electrons. The molecule has 2 aromatic rings. The van der Waals surface area contributed by atoms with Gasteiger partial charge in [0, 0.05) is 32.0 Å². The highest BCUT2D eigenvalue weighted by Gasteiger charge is 2.24. The molecular formula is C19H21N3O2S. The summed E-state index contributed by atoms with van der Waals surface area (Å²) in [7, 11) is 3.87. The number of nitrogens with one attached hydrogen (secondary N) is 1. The second-order valence-corrected chi connectivity index (χ2v) is 7.03. The highest BCUT2D eigenvalue weighted by Crippen LogP contribution is 2.35. The predicted octanol–water partition coefficient (Wildman–Crippen LogP) is 3.22. The minimum absolute atomic E-state index is 0.0465. The molecule has 2 aromatic carbocycles. The number of hydrogen-bond acceptors (Lipinski definition) is 4. The minimum atomic E-state index is -0.0993. The van der Waals surface area contributed by atoms with E-state index in [2.05, 4.69) is 5.32 Å². The third kappa shape index (κ3) is 3.96. The van der Waals surface area contributed by atoms with Crippen LogP contribution in [0.1, 0.15) is 6.42 Å². The molecule has 0 aliphatic carbocycles. The standard InChI is InChI=1S/C19H21N3O2S/c1-21(2)15-8-4-3-7-14(15)20-18(23)11-12-22-16-9-5-6-10-17(16)25-13-19(22)24/h3-10H,11-13H2,1-2H3,(H,20,23). The molecule has 0 bridgehead atoms. The van der Waals surface area contributed by atoms with Crippen LogP contribution in [0.15, 0.2) is 53.4 Å². The van der Waals surface area contributed by atoms with Crippen molar-refractivity contribution in [3.63, 3.8) is 0 Å². The molecule has 0 saturated carbocycles. The van der Waals surface area contributed by atoms with Crippen molar-refractivity contribution < 1.29 is 9.59 Å². The molecule has 0 fully saturated rings. The summed E-state index contributed by atoms with van der Waals surface area (Å²) in [4.78, 5) is 29.4. The molecule has 5 nitrogen and oxygen atoms in total. The number of nitrogens with zero attached hydrogens (tertiary/aromatic N) is 2. The van der Waals surface area contributed by atoms with E-state index >= 15 is 0 Å². The second-order valence-electron chi connectivity index (χ2n) is 6.01. The predicted molar refractivity (Wildman–Crippen MR) is 104 cm³/mol. The Kier molecular flexibility index (Phi) is 5.28. The van der Waals surface area contributed by atoms with Crippen molar-refractivity contribution in [1.29, 1.82) is 0 Å². The van der Waals surface area contributed by atoms with Crippen molar-refractivity contribution in [3.05, 3.63) is 48.5 Å². The molecule has 0 saturated heterocycles. The summed E-state index contributed by atoms with van der Waals surface area (Å²) in [6.07, 6.45) is 0.256. The lowest BCUT2D eigenvalue weighted by atomic mass is 10.2. The van der Waals surface area contributed by atoms with Crippen LogP contribution in [0.3, 0.4) is 0 Å². The van der Waals surface area contributed by atoms with E-state index in [9.17, 15) is 9.59 Å². The minimum Gasteiger partial charge on any atom is -0.376 e. The first-order valence-electron chi connectivity index (χ1n) is 8.14. The Morgan fingerprint density at radius 3 is 2.68 bits per heavy atom. The van der Waals surface area contributed by atoms with Gasteiger partial charge in [-0.25, -0.2) is 0 Å². The molecule has 1 aliphatic heterocycles. The van der Waals surface area contributed by atoms with Gasteiger partial charge in [0.25, 0.3) is 0 Å². The summed E-state index contributed by atoms with van der Waals surface area (Å²) in [6, 6.07) is 15.5. The molecule has 3 rings (SSSR count). The summed E-state index contributed by atoms with van der Waals surface area (Å²) in [5, 5.41) is 2.95. The van der Waals surface area contributed by atoms with Crippen LogP contribution in [0.25, 0.3) is 0 Å². The average molecular weight is 355 g/mol.